The highest BCUT2D eigenvalue weighted by Gasteiger charge is 2.49. The lowest BCUT2D eigenvalue weighted by Crippen LogP contribution is -2.30. The molecule has 0 aliphatic rings. The standard InChI is InChI=1S/C16H14F3NO5S/c1-20(11-6-4-3-5-7-11)15(21)13-10-12(24-2)8-9-14(13)25-26(22,23)16(17,18)19/h3-10H,1-2H3. The van der Waals surface area contributed by atoms with Gasteiger partial charge in [0.05, 0.1) is 12.7 Å². The number of anilines is 1. The Hall–Kier alpha value is -2.75. The summed E-state index contributed by atoms with van der Waals surface area (Å²) in [6.07, 6.45) is 0. The average molecular weight is 389 g/mol. The number of rotatable bonds is 5. The third-order valence-corrected chi connectivity index (χ3v) is 4.31. The molecule has 26 heavy (non-hydrogen) atoms. The maximum absolute atomic E-state index is 12.7. The maximum atomic E-state index is 12.7. The van der Waals surface area contributed by atoms with E-state index in [0.717, 1.165) is 17.0 Å². The molecule has 0 aromatic heterocycles. The number of carbonyl (C=O) groups is 1. The third kappa shape index (κ3) is 4.07. The molecule has 0 saturated heterocycles. The van der Waals surface area contributed by atoms with Crippen molar-refractivity contribution in [2.75, 3.05) is 19.1 Å². The molecule has 0 radical (unpaired) electrons. The Morgan fingerprint density at radius 1 is 1.08 bits per heavy atom. The minimum Gasteiger partial charge on any atom is -0.497 e. The average Bonchev–Trinajstić information content (AvgIpc) is 2.60. The van der Waals surface area contributed by atoms with Gasteiger partial charge in [0.2, 0.25) is 0 Å². The van der Waals surface area contributed by atoms with Crippen molar-refractivity contribution in [3.05, 3.63) is 54.1 Å². The first-order valence-electron chi connectivity index (χ1n) is 7.08. The predicted octanol–water partition coefficient (Wildman–Crippen LogP) is 3.20. The molecule has 0 aliphatic heterocycles. The number of ether oxygens (including phenoxy) is 1. The summed E-state index contributed by atoms with van der Waals surface area (Å²) in [5.74, 6) is -1.38. The van der Waals surface area contributed by atoms with Crippen LogP contribution in [0.2, 0.25) is 0 Å². The van der Waals surface area contributed by atoms with E-state index in [0.29, 0.717) is 5.69 Å². The molecular weight excluding hydrogens is 375 g/mol. The molecule has 0 spiro atoms. The van der Waals surface area contributed by atoms with Gasteiger partial charge >= 0.3 is 15.6 Å². The van der Waals surface area contributed by atoms with E-state index in [1.54, 1.807) is 30.3 Å². The van der Waals surface area contributed by atoms with Crippen LogP contribution in [-0.2, 0) is 10.1 Å². The van der Waals surface area contributed by atoms with Gasteiger partial charge in [-0.3, -0.25) is 4.79 Å². The van der Waals surface area contributed by atoms with Crippen LogP contribution in [0.5, 0.6) is 11.5 Å². The summed E-state index contributed by atoms with van der Waals surface area (Å²) in [5.41, 5.74) is -5.58. The largest absolute Gasteiger partial charge is 0.534 e. The van der Waals surface area contributed by atoms with E-state index in [2.05, 4.69) is 4.18 Å². The molecular formula is C16H14F3NO5S. The quantitative estimate of drug-likeness (QED) is 0.580. The zero-order valence-corrected chi connectivity index (χ0v) is 14.5. The molecule has 0 atom stereocenters. The van der Waals surface area contributed by atoms with E-state index >= 15 is 0 Å². The van der Waals surface area contributed by atoms with E-state index in [4.69, 9.17) is 4.74 Å². The number of methoxy groups -OCH3 is 1. The van der Waals surface area contributed by atoms with Crippen molar-refractivity contribution >= 4 is 21.7 Å². The topological polar surface area (TPSA) is 72.9 Å². The first-order chi connectivity index (χ1) is 12.1. The Bertz CT molecular complexity index is 898. The van der Waals surface area contributed by atoms with Gasteiger partial charge < -0.3 is 13.8 Å². The Balaban J connectivity index is 2.48. The minimum atomic E-state index is -5.93. The van der Waals surface area contributed by atoms with Crippen molar-refractivity contribution in [1.29, 1.82) is 0 Å². The van der Waals surface area contributed by atoms with Crippen molar-refractivity contribution in [2.24, 2.45) is 0 Å². The fourth-order valence-corrected chi connectivity index (χ4v) is 2.47. The Morgan fingerprint density at radius 3 is 2.23 bits per heavy atom. The van der Waals surface area contributed by atoms with Crippen molar-refractivity contribution < 1.29 is 35.3 Å². The van der Waals surface area contributed by atoms with E-state index in [9.17, 15) is 26.4 Å². The van der Waals surface area contributed by atoms with Crippen LogP contribution in [0.4, 0.5) is 18.9 Å². The second-order valence-electron chi connectivity index (χ2n) is 5.05. The summed E-state index contributed by atoms with van der Waals surface area (Å²) < 4.78 is 69.4. The van der Waals surface area contributed by atoms with Gasteiger partial charge in [0.15, 0.2) is 5.75 Å². The smallest absolute Gasteiger partial charge is 0.497 e. The number of alkyl halides is 3. The molecule has 6 nitrogen and oxygen atoms in total. The number of nitrogens with zero attached hydrogens (tertiary/aromatic N) is 1. The van der Waals surface area contributed by atoms with Crippen LogP contribution < -0.4 is 13.8 Å². The summed E-state index contributed by atoms with van der Waals surface area (Å²) in [7, 11) is -3.25. The van der Waals surface area contributed by atoms with Gasteiger partial charge in [0.25, 0.3) is 5.91 Å². The van der Waals surface area contributed by atoms with Crippen LogP contribution in [-0.4, -0.2) is 34.0 Å². The van der Waals surface area contributed by atoms with Crippen LogP contribution in [0.1, 0.15) is 10.4 Å². The Labute approximate surface area is 147 Å². The Kier molecular flexibility index (Phi) is 5.45. The highest BCUT2D eigenvalue weighted by atomic mass is 32.2. The summed E-state index contributed by atoms with van der Waals surface area (Å²) in [5, 5.41) is 0. The SMILES string of the molecule is COc1ccc(OS(=O)(=O)C(F)(F)F)c(C(=O)N(C)c2ccccc2)c1. The van der Waals surface area contributed by atoms with Crippen molar-refractivity contribution in [3.8, 4) is 11.5 Å². The van der Waals surface area contributed by atoms with Gasteiger partial charge in [-0.05, 0) is 30.3 Å². The molecule has 0 heterocycles. The Morgan fingerprint density at radius 2 is 1.69 bits per heavy atom. The third-order valence-electron chi connectivity index (χ3n) is 3.35. The number of hydrogen-bond acceptors (Lipinski definition) is 5. The van der Waals surface area contributed by atoms with Gasteiger partial charge in [-0.1, -0.05) is 18.2 Å². The van der Waals surface area contributed by atoms with Gasteiger partial charge in [-0.15, -0.1) is 0 Å². The van der Waals surface area contributed by atoms with Crippen molar-refractivity contribution in [1.82, 2.24) is 0 Å². The van der Waals surface area contributed by atoms with Crippen LogP contribution >= 0.6 is 0 Å². The fourth-order valence-electron chi connectivity index (χ4n) is 1.99. The molecule has 0 fully saturated rings. The van der Waals surface area contributed by atoms with Crippen molar-refractivity contribution in [2.45, 2.75) is 5.51 Å². The highest BCUT2D eigenvalue weighted by Crippen LogP contribution is 2.32. The number of halogens is 3. The molecule has 140 valence electrons. The molecule has 0 unspecified atom stereocenters. The molecule has 0 N–H and O–H groups in total. The summed E-state index contributed by atoms with van der Waals surface area (Å²) in [6, 6.07) is 11.5. The number of hydrogen-bond donors (Lipinski definition) is 0. The van der Waals surface area contributed by atoms with Gasteiger partial charge in [0, 0.05) is 12.7 Å². The molecule has 0 saturated carbocycles. The molecule has 2 aromatic carbocycles. The normalized spacial score (nSPS) is 11.7. The van der Waals surface area contributed by atoms with Crippen LogP contribution in [0.15, 0.2) is 48.5 Å². The summed E-state index contributed by atoms with van der Waals surface area (Å²) >= 11 is 0. The highest BCUT2D eigenvalue weighted by molar-refractivity contribution is 7.88. The number of benzene rings is 2. The molecule has 0 aliphatic carbocycles. The first-order valence-corrected chi connectivity index (χ1v) is 8.49. The predicted molar refractivity (Wildman–Crippen MR) is 87.8 cm³/mol. The minimum absolute atomic E-state index is 0.145. The fraction of sp³-hybridized carbons (Fsp3) is 0.188. The maximum Gasteiger partial charge on any atom is 0.534 e. The second kappa shape index (κ2) is 7.24. The molecule has 10 heteroatoms. The van der Waals surface area contributed by atoms with E-state index in [1.165, 1.54) is 20.2 Å². The number of carbonyl (C=O) groups excluding carboxylic acids is 1. The molecule has 1 amide bonds. The first kappa shape index (κ1) is 19.6. The number of para-hydroxylation sites is 1. The lowest BCUT2D eigenvalue weighted by molar-refractivity contribution is -0.0500. The van der Waals surface area contributed by atoms with Crippen LogP contribution in [0.25, 0.3) is 0 Å². The molecule has 0 bridgehead atoms. The lowest BCUT2D eigenvalue weighted by atomic mass is 10.1. The summed E-state index contributed by atoms with van der Waals surface area (Å²) in [6.45, 7) is 0. The second-order valence-corrected chi connectivity index (χ2v) is 6.58. The zero-order chi connectivity index (χ0) is 19.5. The van der Waals surface area contributed by atoms with Crippen LogP contribution in [0, 0.1) is 0 Å². The molecule has 2 rings (SSSR count). The van der Waals surface area contributed by atoms with Crippen molar-refractivity contribution in [3.63, 3.8) is 0 Å². The van der Waals surface area contributed by atoms with E-state index < -0.39 is 32.8 Å². The zero-order valence-electron chi connectivity index (χ0n) is 13.6. The monoisotopic (exact) mass is 389 g/mol. The number of amides is 1. The van der Waals surface area contributed by atoms with Crippen LogP contribution in [0.3, 0.4) is 0 Å². The van der Waals surface area contributed by atoms with Gasteiger partial charge in [0.1, 0.15) is 5.75 Å². The molecule has 2 aromatic rings. The van der Waals surface area contributed by atoms with Gasteiger partial charge in [-0.25, -0.2) is 0 Å². The van der Waals surface area contributed by atoms with E-state index in [1.807, 2.05) is 0 Å². The lowest BCUT2D eigenvalue weighted by Gasteiger charge is -2.20. The summed E-state index contributed by atoms with van der Waals surface area (Å²) in [4.78, 5) is 13.8. The van der Waals surface area contributed by atoms with Gasteiger partial charge in [-0.2, -0.15) is 21.6 Å². The van der Waals surface area contributed by atoms with E-state index in [-0.39, 0.29) is 5.75 Å².